The highest BCUT2D eigenvalue weighted by atomic mass is 16.3. The Kier molecular flexibility index (Phi) is 4.04. The van der Waals surface area contributed by atoms with E-state index < -0.39 is 6.10 Å². The predicted octanol–water partition coefficient (Wildman–Crippen LogP) is 2.52. The molecule has 0 bridgehead atoms. The van der Waals surface area contributed by atoms with Crippen molar-refractivity contribution in [1.29, 1.82) is 0 Å². The third-order valence-electron chi connectivity index (χ3n) is 2.67. The van der Waals surface area contributed by atoms with Crippen LogP contribution in [0.4, 0.5) is 0 Å². The van der Waals surface area contributed by atoms with Crippen molar-refractivity contribution in [2.45, 2.75) is 26.9 Å². The molecule has 15 heavy (non-hydrogen) atoms. The number of aliphatic hydroxyl groups excluding tert-OH is 1. The van der Waals surface area contributed by atoms with Gasteiger partial charge in [0.05, 0.1) is 6.10 Å². The minimum atomic E-state index is -0.572. The van der Waals surface area contributed by atoms with Crippen LogP contribution in [0.2, 0.25) is 0 Å². The van der Waals surface area contributed by atoms with Crippen LogP contribution in [0.5, 0.6) is 0 Å². The summed E-state index contributed by atoms with van der Waals surface area (Å²) >= 11 is 0. The van der Waals surface area contributed by atoms with E-state index in [2.05, 4.69) is 0 Å². The molecule has 0 spiro atoms. The lowest BCUT2D eigenvalue weighted by atomic mass is 9.88. The predicted molar refractivity (Wildman–Crippen MR) is 60.8 cm³/mol. The van der Waals surface area contributed by atoms with E-state index in [1.807, 2.05) is 32.0 Å². The van der Waals surface area contributed by atoms with Gasteiger partial charge < -0.3 is 5.11 Å². The smallest absolute Gasteiger partial charge is 0.168 e. The summed E-state index contributed by atoms with van der Waals surface area (Å²) < 4.78 is 0. The monoisotopic (exact) mass is 206 g/mol. The molecule has 0 saturated heterocycles. The summed E-state index contributed by atoms with van der Waals surface area (Å²) in [5, 5.41) is 9.81. The highest BCUT2D eigenvalue weighted by molar-refractivity contribution is 5.97. The molecule has 0 aliphatic rings. The maximum atomic E-state index is 11.9. The van der Waals surface area contributed by atoms with Gasteiger partial charge in [0.15, 0.2) is 5.78 Å². The zero-order valence-corrected chi connectivity index (χ0v) is 9.47. The van der Waals surface area contributed by atoms with Crippen molar-refractivity contribution in [3.63, 3.8) is 0 Å². The molecule has 2 heteroatoms. The number of ketones is 1. The first-order valence-corrected chi connectivity index (χ1v) is 5.31. The Labute approximate surface area is 90.9 Å². The van der Waals surface area contributed by atoms with Crippen LogP contribution in [0.25, 0.3) is 0 Å². The molecular weight excluding hydrogens is 188 g/mol. The van der Waals surface area contributed by atoms with Crippen molar-refractivity contribution < 1.29 is 9.90 Å². The highest BCUT2D eigenvalue weighted by Crippen LogP contribution is 2.17. The summed E-state index contributed by atoms with van der Waals surface area (Å²) in [4.78, 5) is 11.9. The van der Waals surface area contributed by atoms with Gasteiger partial charge in [0.1, 0.15) is 0 Å². The van der Waals surface area contributed by atoms with Crippen molar-refractivity contribution in [1.82, 2.24) is 0 Å². The van der Waals surface area contributed by atoms with E-state index in [0.717, 1.165) is 0 Å². The summed E-state index contributed by atoms with van der Waals surface area (Å²) in [5.74, 6) is -0.225. The molecular formula is C13H18O2. The van der Waals surface area contributed by atoms with E-state index in [0.29, 0.717) is 5.56 Å². The van der Waals surface area contributed by atoms with Gasteiger partial charge in [-0.15, -0.1) is 0 Å². The van der Waals surface area contributed by atoms with Crippen LogP contribution < -0.4 is 0 Å². The van der Waals surface area contributed by atoms with Gasteiger partial charge in [0.2, 0.25) is 0 Å². The molecule has 82 valence electrons. The van der Waals surface area contributed by atoms with E-state index in [1.165, 1.54) is 0 Å². The fourth-order valence-electron chi connectivity index (χ4n) is 1.60. The van der Waals surface area contributed by atoms with Gasteiger partial charge >= 0.3 is 0 Å². The van der Waals surface area contributed by atoms with E-state index >= 15 is 0 Å². The number of rotatable bonds is 4. The fraction of sp³-hybridized carbons (Fsp3) is 0.462. The Bertz CT molecular complexity index is 317. The van der Waals surface area contributed by atoms with Crippen molar-refractivity contribution in [2.75, 3.05) is 0 Å². The topological polar surface area (TPSA) is 37.3 Å². The molecule has 1 aromatic carbocycles. The van der Waals surface area contributed by atoms with Crippen molar-refractivity contribution in [3.05, 3.63) is 35.9 Å². The molecule has 0 amide bonds. The van der Waals surface area contributed by atoms with Gasteiger partial charge in [-0.1, -0.05) is 51.1 Å². The Hall–Kier alpha value is -1.15. The molecule has 2 atom stereocenters. The molecule has 1 rings (SSSR count). The van der Waals surface area contributed by atoms with Crippen molar-refractivity contribution in [2.24, 2.45) is 11.8 Å². The van der Waals surface area contributed by atoms with Gasteiger partial charge in [0, 0.05) is 11.5 Å². The number of hydrogen-bond donors (Lipinski definition) is 1. The van der Waals surface area contributed by atoms with Crippen molar-refractivity contribution in [3.8, 4) is 0 Å². The lowest BCUT2D eigenvalue weighted by Crippen LogP contribution is -2.30. The van der Waals surface area contributed by atoms with Crippen LogP contribution in [0.1, 0.15) is 31.1 Å². The molecule has 0 aliphatic heterocycles. The average molecular weight is 206 g/mol. The molecule has 0 fully saturated rings. The average Bonchev–Trinajstić information content (AvgIpc) is 2.27. The van der Waals surface area contributed by atoms with Crippen LogP contribution in [0, 0.1) is 11.8 Å². The van der Waals surface area contributed by atoms with Crippen LogP contribution in [-0.2, 0) is 0 Å². The third kappa shape index (κ3) is 2.90. The Morgan fingerprint density at radius 2 is 1.67 bits per heavy atom. The number of Topliss-reactive ketones (excluding diaryl/α,β-unsaturated/α-hetero) is 1. The molecule has 1 N–H and O–H groups in total. The van der Waals surface area contributed by atoms with Gasteiger partial charge in [-0.3, -0.25) is 4.79 Å². The number of benzene rings is 1. The highest BCUT2D eigenvalue weighted by Gasteiger charge is 2.25. The molecule has 2 nitrogen and oxygen atoms in total. The van der Waals surface area contributed by atoms with Crippen LogP contribution in [0.3, 0.4) is 0 Å². The number of hydrogen-bond acceptors (Lipinski definition) is 2. The minimum absolute atomic E-state index is 0.0109. The van der Waals surface area contributed by atoms with Gasteiger partial charge in [0.25, 0.3) is 0 Å². The summed E-state index contributed by atoms with van der Waals surface area (Å²) in [6, 6.07) is 9.11. The minimum Gasteiger partial charge on any atom is -0.392 e. The molecule has 0 aromatic heterocycles. The first-order chi connectivity index (χ1) is 7.04. The lowest BCUT2D eigenvalue weighted by molar-refractivity contribution is 0.0552. The SMILES string of the molecule is CC(C)C(O)C(C)C(=O)c1ccccc1. The zero-order chi connectivity index (χ0) is 11.4. The normalized spacial score (nSPS) is 15.0. The quantitative estimate of drug-likeness (QED) is 0.769. The zero-order valence-electron chi connectivity index (χ0n) is 9.47. The second-order valence-corrected chi connectivity index (χ2v) is 4.25. The first-order valence-electron chi connectivity index (χ1n) is 5.31. The second-order valence-electron chi connectivity index (χ2n) is 4.25. The van der Waals surface area contributed by atoms with Gasteiger partial charge in [-0.2, -0.15) is 0 Å². The van der Waals surface area contributed by atoms with Gasteiger partial charge in [-0.05, 0) is 5.92 Å². The Morgan fingerprint density at radius 3 is 2.13 bits per heavy atom. The maximum absolute atomic E-state index is 11.9. The van der Waals surface area contributed by atoms with Crippen LogP contribution in [0.15, 0.2) is 30.3 Å². The van der Waals surface area contributed by atoms with E-state index in [-0.39, 0.29) is 17.6 Å². The summed E-state index contributed by atoms with van der Waals surface area (Å²) in [6.07, 6.45) is -0.572. The van der Waals surface area contributed by atoms with Crippen LogP contribution in [-0.4, -0.2) is 17.0 Å². The van der Waals surface area contributed by atoms with Crippen LogP contribution >= 0.6 is 0 Å². The molecule has 2 unspecified atom stereocenters. The number of carbonyl (C=O) groups is 1. The number of carbonyl (C=O) groups excluding carboxylic acids is 1. The molecule has 0 aliphatic carbocycles. The summed E-state index contributed by atoms with van der Waals surface area (Å²) in [7, 11) is 0. The number of aliphatic hydroxyl groups is 1. The standard InChI is InChI=1S/C13H18O2/c1-9(2)12(14)10(3)13(15)11-7-5-4-6-8-11/h4-10,12,14H,1-3H3. The third-order valence-corrected chi connectivity index (χ3v) is 2.67. The molecule has 1 aromatic rings. The van der Waals surface area contributed by atoms with E-state index in [9.17, 15) is 9.90 Å². The largest absolute Gasteiger partial charge is 0.392 e. The lowest BCUT2D eigenvalue weighted by Gasteiger charge is -2.20. The maximum Gasteiger partial charge on any atom is 0.168 e. The summed E-state index contributed by atoms with van der Waals surface area (Å²) in [5.41, 5.74) is 0.671. The molecule has 0 saturated carbocycles. The first kappa shape index (κ1) is 11.9. The fourth-order valence-corrected chi connectivity index (χ4v) is 1.60. The molecule has 0 heterocycles. The Morgan fingerprint density at radius 1 is 1.13 bits per heavy atom. The van der Waals surface area contributed by atoms with Crippen molar-refractivity contribution >= 4 is 5.78 Å². The molecule has 0 radical (unpaired) electrons. The second kappa shape index (κ2) is 5.08. The summed E-state index contributed by atoms with van der Waals surface area (Å²) in [6.45, 7) is 5.61. The van der Waals surface area contributed by atoms with E-state index in [4.69, 9.17) is 0 Å². The van der Waals surface area contributed by atoms with Gasteiger partial charge in [-0.25, -0.2) is 0 Å². The Balaban J connectivity index is 2.78. The van der Waals surface area contributed by atoms with E-state index in [1.54, 1.807) is 19.1 Å².